The number of thiophene rings is 1. The SMILES string of the molecule is COc1ccc(N(C)C(=O)c2ccsc2NC(=O)c2ccc(C(C)C)cc2)cc1OC. The first-order valence-corrected chi connectivity index (χ1v) is 10.7. The van der Waals surface area contributed by atoms with Crippen LogP contribution in [0.2, 0.25) is 0 Å². The summed E-state index contributed by atoms with van der Waals surface area (Å²) in [6, 6.07) is 14.5. The molecule has 1 heterocycles. The van der Waals surface area contributed by atoms with Crippen molar-refractivity contribution < 1.29 is 19.1 Å². The number of benzene rings is 2. The molecule has 6 nitrogen and oxygen atoms in total. The van der Waals surface area contributed by atoms with Crippen molar-refractivity contribution in [2.45, 2.75) is 19.8 Å². The van der Waals surface area contributed by atoms with Crippen molar-refractivity contribution in [2.75, 3.05) is 31.5 Å². The normalized spacial score (nSPS) is 10.6. The van der Waals surface area contributed by atoms with Gasteiger partial charge in [-0.25, -0.2) is 0 Å². The van der Waals surface area contributed by atoms with Crippen molar-refractivity contribution >= 4 is 33.8 Å². The highest BCUT2D eigenvalue weighted by Gasteiger charge is 2.21. The van der Waals surface area contributed by atoms with Gasteiger partial charge in [-0.05, 0) is 47.2 Å². The highest BCUT2D eigenvalue weighted by Crippen LogP contribution is 2.33. The Morgan fingerprint density at radius 2 is 1.65 bits per heavy atom. The summed E-state index contributed by atoms with van der Waals surface area (Å²) in [4.78, 5) is 27.3. The maximum absolute atomic E-state index is 13.1. The van der Waals surface area contributed by atoms with Gasteiger partial charge in [0.1, 0.15) is 5.00 Å². The Hall–Kier alpha value is -3.32. The zero-order valence-electron chi connectivity index (χ0n) is 18.3. The third-order valence-electron chi connectivity index (χ3n) is 5.02. The van der Waals surface area contributed by atoms with E-state index in [0.29, 0.717) is 39.2 Å². The minimum absolute atomic E-state index is 0.237. The van der Waals surface area contributed by atoms with E-state index in [2.05, 4.69) is 19.2 Å². The zero-order valence-corrected chi connectivity index (χ0v) is 19.1. The molecule has 0 aliphatic carbocycles. The number of hydrogen-bond acceptors (Lipinski definition) is 5. The monoisotopic (exact) mass is 438 g/mol. The number of carbonyl (C=O) groups excluding carboxylic acids is 2. The molecule has 2 aromatic carbocycles. The standard InChI is InChI=1S/C24H26N2O4S/c1-15(2)16-6-8-17(9-7-16)22(27)25-23-19(12-13-31-23)24(28)26(3)18-10-11-20(29-4)21(14-18)30-5/h6-15H,1-5H3,(H,25,27). The number of nitrogens with one attached hydrogen (secondary N) is 1. The van der Waals surface area contributed by atoms with Gasteiger partial charge in [-0.15, -0.1) is 11.3 Å². The third-order valence-corrected chi connectivity index (χ3v) is 5.85. The van der Waals surface area contributed by atoms with E-state index in [1.807, 2.05) is 12.1 Å². The lowest BCUT2D eigenvalue weighted by Crippen LogP contribution is -2.27. The number of hydrogen-bond donors (Lipinski definition) is 1. The van der Waals surface area contributed by atoms with Crippen molar-refractivity contribution in [3.63, 3.8) is 0 Å². The number of methoxy groups -OCH3 is 2. The average Bonchev–Trinajstić information content (AvgIpc) is 3.25. The van der Waals surface area contributed by atoms with Crippen molar-refractivity contribution in [2.24, 2.45) is 0 Å². The number of ether oxygens (including phenoxy) is 2. The van der Waals surface area contributed by atoms with Crippen molar-refractivity contribution in [3.8, 4) is 11.5 Å². The number of rotatable bonds is 7. The lowest BCUT2D eigenvalue weighted by atomic mass is 10.0. The Kier molecular flexibility index (Phi) is 6.97. The van der Waals surface area contributed by atoms with Gasteiger partial charge in [0.25, 0.3) is 11.8 Å². The molecule has 2 amide bonds. The Balaban J connectivity index is 1.79. The average molecular weight is 439 g/mol. The van der Waals surface area contributed by atoms with Crippen molar-refractivity contribution in [1.82, 2.24) is 0 Å². The Morgan fingerprint density at radius 1 is 0.968 bits per heavy atom. The zero-order chi connectivity index (χ0) is 22.5. The number of nitrogens with zero attached hydrogens (tertiary/aromatic N) is 1. The van der Waals surface area contributed by atoms with Crippen molar-refractivity contribution in [3.05, 3.63) is 70.6 Å². The molecule has 0 unspecified atom stereocenters. The van der Waals surface area contributed by atoms with Crippen LogP contribution in [0.3, 0.4) is 0 Å². The van der Waals surface area contributed by atoms with Gasteiger partial charge in [0, 0.05) is 24.4 Å². The van der Waals surface area contributed by atoms with E-state index in [0.717, 1.165) is 0 Å². The molecule has 0 fully saturated rings. The first-order valence-electron chi connectivity index (χ1n) is 9.84. The van der Waals surface area contributed by atoms with Gasteiger partial charge in [-0.2, -0.15) is 0 Å². The molecule has 1 aromatic heterocycles. The molecule has 0 spiro atoms. The number of carbonyl (C=O) groups is 2. The summed E-state index contributed by atoms with van der Waals surface area (Å²) in [5.41, 5.74) is 2.79. The van der Waals surface area contributed by atoms with Gasteiger partial charge in [-0.1, -0.05) is 26.0 Å². The van der Waals surface area contributed by atoms with Gasteiger partial charge < -0.3 is 19.7 Å². The summed E-state index contributed by atoms with van der Waals surface area (Å²) >= 11 is 1.31. The van der Waals surface area contributed by atoms with Crippen LogP contribution < -0.4 is 19.7 Å². The first-order chi connectivity index (χ1) is 14.8. The second-order valence-corrected chi connectivity index (χ2v) is 8.21. The first kappa shape index (κ1) is 22.4. The van der Waals surface area contributed by atoms with Gasteiger partial charge in [0.05, 0.1) is 19.8 Å². The van der Waals surface area contributed by atoms with Crippen LogP contribution in [0.15, 0.2) is 53.9 Å². The molecule has 0 radical (unpaired) electrons. The summed E-state index contributed by atoms with van der Waals surface area (Å²) in [5.74, 6) is 1.02. The Morgan fingerprint density at radius 3 is 2.26 bits per heavy atom. The highest BCUT2D eigenvalue weighted by atomic mass is 32.1. The van der Waals surface area contributed by atoms with E-state index in [-0.39, 0.29) is 11.8 Å². The second kappa shape index (κ2) is 9.66. The lowest BCUT2D eigenvalue weighted by molar-refractivity contribution is 0.0994. The molecule has 0 atom stereocenters. The molecule has 0 bridgehead atoms. The van der Waals surface area contributed by atoms with Crippen LogP contribution in [-0.4, -0.2) is 33.1 Å². The van der Waals surface area contributed by atoms with Crippen LogP contribution >= 0.6 is 11.3 Å². The molecule has 0 aliphatic heterocycles. The topological polar surface area (TPSA) is 67.9 Å². The van der Waals surface area contributed by atoms with Crippen LogP contribution in [0, 0.1) is 0 Å². The largest absolute Gasteiger partial charge is 0.493 e. The number of anilines is 2. The van der Waals surface area contributed by atoms with Crippen LogP contribution in [0.4, 0.5) is 10.7 Å². The van der Waals surface area contributed by atoms with Gasteiger partial charge in [0.15, 0.2) is 11.5 Å². The maximum atomic E-state index is 13.1. The van der Waals surface area contributed by atoms with Gasteiger partial charge >= 0.3 is 0 Å². The minimum atomic E-state index is -0.249. The molecular weight excluding hydrogens is 412 g/mol. The molecule has 0 saturated carbocycles. The summed E-state index contributed by atoms with van der Waals surface area (Å²) in [7, 11) is 4.78. The smallest absolute Gasteiger partial charge is 0.261 e. The van der Waals surface area contributed by atoms with Crippen LogP contribution in [0.5, 0.6) is 11.5 Å². The van der Waals surface area contributed by atoms with Crippen LogP contribution in [-0.2, 0) is 0 Å². The fourth-order valence-corrected chi connectivity index (χ4v) is 3.87. The molecule has 3 rings (SSSR count). The van der Waals surface area contributed by atoms with Crippen molar-refractivity contribution in [1.29, 1.82) is 0 Å². The molecule has 162 valence electrons. The van der Waals surface area contributed by atoms with Gasteiger partial charge in [-0.3, -0.25) is 9.59 Å². The quantitative estimate of drug-likeness (QED) is 0.535. The molecule has 0 saturated heterocycles. The molecule has 3 aromatic rings. The van der Waals surface area contributed by atoms with Gasteiger partial charge in [0.2, 0.25) is 0 Å². The highest BCUT2D eigenvalue weighted by molar-refractivity contribution is 7.14. The predicted molar refractivity (Wildman–Crippen MR) is 125 cm³/mol. The molecule has 0 aliphatic rings. The second-order valence-electron chi connectivity index (χ2n) is 7.30. The van der Waals surface area contributed by atoms with Crippen LogP contribution in [0.1, 0.15) is 46.0 Å². The fourth-order valence-electron chi connectivity index (χ4n) is 3.10. The molecule has 7 heteroatoms. The minimum Gasteiger partial charge on any atom is -0.493 e. The predicted octanol–water partition coefficient (Wildman–Crippen LogP) is 5.42. The van der Waals surface area contributed by atoms with E-state index in [1.54, 1.807) is 63.0 Å². The van der Waals surface area contributed by atoms with E-state index >= 15 is 0 Å². The van der Waals surface area contributed by atoms with E-state index < -0.39 is 0 Å². The van der Waals surface area contributed by atoms with E-state index in [4.69, 9.17) is 9.47 Å². The lowest BCUT2D eigenvalue weighted by Gasteiger charge is -2.19. The maximum Gasteiger partial charge on any atom is 0.261 e. The summed E-state index contributed by atoms with van der Waals surface area (Å²) < 4.78 is 10.6. The van der Waals surface area contributed by atoms with E-state index in [1.165, 1.54) is 21.8 Å². The Labute approximate surface area is 186 Å². The third kappa shape index (κ3) is 4.88. The summed E-state index contributed by atoms with van der Waals surface area (Å²) in [6.07, 6.45) is 0. The molecule has 1 N–H and O–H groups in total. The molecular formula is C24H26N2O4S. The Bertz CT molecular complexity index is 1070. The fraction of sp³-hybridized carbons (Fsp3) is 0.250. The summed E-state index contributed by atoms with van der Waals surface area (Å²) in [5, 5.41) is 5.17. The molecule has 31 heavy (non-hydrogen) atoms. The van der Waals surface area contributed by atoms with E-state index in [9.17, 15) is 9.59 Å². The van der Waals surface area contributed by atoms with Crippen LogP contribution in [0.25, 0.3) is 0 Å². The summed E-state index contributed by atoms with van der Waals surface area (Å²) in [6.45, 7) is 4.21. The number of amides is 2.